The van der Waals surface area contributed by atoms with Gasteiger partial charge in [-0.3, -0.25) is 4.79 Å². The third-order valence-corrected chi connectivity index (χ3v) is 5.00. The molecule has 0 bridgehead atoms. The van der Waals surface area contributed by atoms with E-state index in [1.807, 2.05) is 37.3 Å². The maximum Gasteiger partial charge on any atom is 0.255 e. The molecule has 1 aromatic carbocycles. The standard InChI is InChI=1S/C21H24N6O/c1-14-13-24-20(25-14)17-4-2-3-5-18(17)26-21(28)15-6-9-23-19(12-15)27-10-7-16(22)8-11-27/h2-6,9,12-13,16H,7-8,10-11,22H2,1H3,(H,24,25)(H,26,28). The van der Waals surface area contributed by atoms with Gasteiger partial charge in [0.25, 0.3) is 5.91 Å². The summed E-state index contributed by atoms with van der Waals surface area (Å²) in [5, 5.41) is 3.01. The molecule has 2 aromatic heterocycles. The normalized spacial score (nSPS) is 14.9. The molecule has 7 nitrogen and oxygen atoms in total. The van der Waals surface area contributed by atoms with Crippen molar-refractivity contribution < 1.29 is 4.79 Å². The van der Waals surface area contributed by atoms with E-state index in [2.05, 4.69) is 25.2 Å². The molecule has 1 saturated heterocycles. The van der Waals surface area contributed by atoms with Crippen LogP contribution >= 0.6 is 0 Å². The highest BCUT2D eigenvalue weighted by atomic mass is 16.1. The number of nitrogens with zero attached hydrogens (tertiary/aromatic N) is 3. The quantitative estimate of drug-likeness (QED) is 0.650. The Bertz CT molecular complexity index is 974. The molecule has 4 N–H and O–H groups in total. The lowest BCUT2D eigenvalue weighted by Gasteiger charge is -2.31. The summed E-state index contributed by atoms with van der Waals surface area (Å²) < 4.78 is 0. The number of benzene rings is 1. The molecule has 3 aromatic rings. The maximum atomic E-state index is 12.9. The minimum Gasteiger partial charge on any atom is -0.356 e. The average Bonchev–Trinajstić information content (AvgIpc) is 3.15. The van der Waals surface area contributed by atoms with Crippen LogP contribution in [0.5, 0.6) is 0 Å². The molecule has 0 spiro atoms. The Balaban J connectivity index is 1.54. The largest absolute Gasteiger partial charge is 0.356 e. The predicted octanol–water partition coefficient (Wildman–Crippen LogP) is 2.96. The first-order chi connectivity index (χ1) is 13.6. The Labute approximate surface area is 164 Å². The fourth-order valence-corrected chi connectivity index (χ4v) is 3.40. The Morgan fingerprint density at radius 2 is 2.00 bits per heavy atom. The molecule has 28 heavy (non-hydrogen) atoms. The summed E-state index contributed by atoms with van der Waals surface area (Å²) in [5.41, 5.74) is 9.09. The zero-order valence-corrected chi connectivity index (χ0v) is 15.9. The van der Waals surface area contributed by atoms with Gasteiger partial charge in [0, 0.05) is 48.3 Å². The van der Waals surface area contributed by atoms with Gasteiger partial charge >= 0.3 is 0 Å². The number of carbonyl (C=O) groups is 1. The Morgan fingerprint density at radius 1 is 1.21 bits per heavy atom. The van der Waals surface area contributed by atoms with E-state index < -0.39 is 0 Å². The summed E-state index contributed by atoms with van der Waals surface area (Å²) in [6.45, 7) is 3.67. The van der Waals surface area contributed by atoms with Crippen LogP contribution in [0.25, 0.3) is 11.4 Å². The summed E-state index contributed by atoms with van der Waals surface area (Å²) in [5.74, 6) is 1.37. The number of pyridine rings is 1. The SMILES string of the molecule is Cc1cnc(-c2ccccc2NC(=O)c2ccnc(N3CCC(N)CC3)c2)[nH]1. The van der Waals surface area contributed by atoms with E-state index in [4.69, 9.17) is 5.73 Å². The van der Waals surface area contributed by atoms with Crippen molar-refractivity contribution in [1.82, 2.24) is 15.0 Å². The number of rotatable bonds is 4. The van der Waals surface area contributed by atoms with Crippen LogP contribution in [0.4, 0.5) is 11.5 Å². The van der Waals surface area contributed by atoms with Gasteiger partial charge in [-0.25, -0.2) is 9.97 Å². The molecule has 1 aliphatic heterocycles. The highest BCUT2D eigenvalue weighted by Gasteiger charge is 2.19. The minimum absolute atomic E-state index is 0.173. The fraction of sp³-hybridized carbons (Fsp3) is 0.286. The number of aromatic amines is 1. The summed E-state index contributed by atoms with van der Waals surface area (Å²) in [7, 11) is 0. The fourth-order valence-electron chi connectivity index (χ4n) is 3.40. The van der Waals surface area contributed by atoms with Gasteiger partial charge in [0.1, 0.15) is 11.6 Å². The molecule has 0 aliphatic carbocycles. The summed E-state index contributed by atoms with van der Waals surface area (Å²) >= 11 is 0. The molecule has 1 amide bonds. The molecule has 1 aliphatic rings. The summed E-state index contributed by atoms with van der Waals surface area (Å²) in [6.07, 6.45) is 5.33. The van der Waals surface area contributed by atoms with Crippen molar-refractivity contribution in [3.8, 4) is 11.4 Å². The third-order valence-electron chi connectivity index (χ3n) is 5.00. The number of aromatic nitrogens is 3. The van der Waals surface area contributed by atoms with Gasteiger partial charge in [-0.2, -0.15) is 0 Å². The molecular formula is C21H24N6O. The van der Waals surface area contributed by atoms with Crippen LogP contribution in [0.1, 0.15) is 28.9 Å². The smallest absolute Gasteiger partial charge is 0.255 e. The molecule has 0 atom stereocenters. The number of imidazole rings is 1. The first-order valence-corrected chi connectivity index (χ1v) is 9.49. The summed E-state index contributed by atoms with van der Waals surface area (Å²) in [6, 6.07) is 11.4. The number of piperidine rings is 1. The Morgan fingerprint density at radius 3 is 2.75 bits per heavy atom. The second kappa shape index (κ2) is 7.82. The second-order valence-corrected chi connectivity index (χ2v) is 7.14. The number of nitrogens with one attached hydrogen (secondary N) is 2. The van der Waals surface area contributed by atoms with E-state index in [0.29, 0.717) is 11.3 Å². The molecule has 144 valence electrons. The van der Waals surface area contributed by atoms with Crippen molar-refractivity contribution in [1.29, 1.82) is 0 Å². The number of carbonyl (C=O) groups excluding carboxylic acids is 1. The van der Waals surface area contributed by atoms with Crippen LogP contribution in [0.15, 0.2) is 48.8 Å². The maximum absolute atomic E-state index is 12.9. The number of amides is 1. The van der Waals surface area contributed by atoms with Gasteiger partial charge in [0.15, 0.2) is 0 Å². The third kappa shape index (κ3) is 3.89. The number of nitrogens with two attached hydrogens (primary N) is 1. The van der Waals surface area contributed by atoms with Crippen LogP contribution in [0.3, 0.4) is 0 Å². The van der Waals surface area contributed by atoms with Crippen molar-refractivity contribution in [2.75, 3.05) is 23.3 Å². The van der Waals surface area contributed by atoms with Crippen LogP contribution < -0.4 is 16.0 Å². The highest BCUT2D eigenvalue weighted by molar-refractivity contribution is 6.06. The zero-order valence-electron chi connectivity index (χ0n) is 15.9. The summed E-state index contributed by atoms with van der Waals surface area (Å²) in [4.78, 5) is 27.1. The zero-order chi connectivity index (χ0) is 19.5. The lowest BCUT2D eigenvalue weighted by molar-refractivity contribution is 0.102. The van der Waals surface area contributed by atoms with E-state index in [1.54, 1.807) is 18.5 Å². The van der Waals surface area contributed by atoms with Gasteiger partial charge in [-0.05, 0) is 44.0 Å². The Kier molecular flexibility index (Phi) is 5.08. The molecule has 0 saturated carbocycles. The number of para-hydroxylation sites is 1. The Hall–Kier alpha value is -3.19. The van der Waals surface area contributed by atoms with E-state index in [1.165, 1.54) is 0 Å². The molecule has 1 fully saturated rings. The highest BCUT2D eigenvalue weighted by Crippen LogP contribution is 2.26. The van der Waals surface area contributed by atoms with Crippen LogP contribution in [-0.2, 0) is 0 Å². The van der Waals surface area contributed by atoms with Crippen LogP contribution in [0, 0.1) is 6.92 Å². The van der Waals surface area contributed by atoms with Crippen molar-refractivity contribution in [2.24, 2.45) is 5.73 Å². The van der Waals surface area contributed by atoms with Crippen LogP contribution in [-0.4, -0.2) is 40.0 Å². The molecule has 7 heteroatoms. The topological polar surface area (TPSA) is 99.9 Å². The average molecular weight is 376 g/mol. The lowest BCUT2D eigenvalue weighted by Crippen LogP contribution is -2.40. The predicted molar refractivity (Wildman–Crippen MR) is 110 cm³/mol. The number of aryl methyl sites for hydroxylation is 1. The lowest BCUT2D eigenvalue weighted by atomic mass is 10.1. The van der Waals surface area contributed by atoms with Gasteiger partial charge in [0.2, 0.25) is 0 Å². The minimum atomic E-state index is -0.173. The van der Waals surface area contributed by atoms with E-state index in [9.17, 15) is 4.79 Å². The molecular weight excluding hydrogens is 352 g/mol. The number of hydrogen-bond donors (Lipinski definition) is 3. The first kappa shape index (κ1) is 18.2. The number of H-pyrrole nitrogens is 1. The molecule has 4 rings (SSSR count). The van der Waals surface area contributed by atoms with Crippen molar-refractivity contribution in [2.45, 2.75) is 25.8 Å². The van der Waals surface area contributed by atoms with Gasteiger partial charge < -0.3 is 20.9 Å². The van der Waals surface area contributed by atoms with Gasteiger partial charge in [-0.1, -0.05) is 12.1 Å². The van der Waals surface area contributed by atoms with E-state index in [0.717, 1.165) is 48.8 Å². The molecule has 3 heterocycles. The van der Waals surface area contributed by atoms with Crippen LogP contribution in [0.2, 0.25) is 0 Å². The number of anilines is 2. The van der Waals surface area contributed by atoms with Crippen molar-refractivity contribution in [3.63, 3.8) is 0 Å². The molecule has 0 radical (unpaired) electrons. The van der Waals surface area contributed by atoms with Gasteiger partial charge in [-0.15, -0.1) is 0 Å². The second-order valence-electron chi connectivity index (χ2n) is 7.14. The first-order valence-electron chi connectivity index (χ1n) is 9.49. The van der Waals surface area contributed by atoms with E-state index in [-0.39, 0.29) is 11.9 Å². The van der Waals surface area contributed by atoms with E-state index >= 15 is 0 Å². The van der Waals surface area contributed by atoms with Crippen molar-refractivity contribution in [3.05, 3.63) is 60.0 Å². The van der Waals surface area contributed by atoms with Crippen molar-refractivity contribution >= 4 is 17.4 Å². The molecule has 0 unspecified atom stereocenters. The van der Waals surface area contributed by atoms with Gasteiger partial charge in [0.05, 0.1) is 5.69 Å². The number of hydrogen-bond acceptors (Lipinski definition) is 5. The monoisotopic (exact) mass is 376 g/mol.